The molecule has 2 rings (SSSR count). The Hall–Kier alpha value is -2.14. The number of hydrogen-bond donors (Lipinski definition) is 2. The van der Waals surface area contributed by atoms with E-state index in [0.29, 0.717) is 12.1 Å². The summed E-state index contributed by atoms with van der Waals surface area (Å²) in [5.41, 5.74) is 0.409. The molecule has 0 saturated heterocycles. The van der Waals surface area contributed by atoms with Gasteiger partial charge in [0.1, 0.15) is 0 Å². The number of sulfonamides is 1. The maximum Gasteiger partial charge on any atom is 0.251 e. The zero-order valence-electron chi connectivity index (χ0n) is 12.3. The number of rotatable bonds is 7. The maximum absolute atomic E-state index is 12.0. The van der Waals surface area contributed by atoms with E-state index in [1.165, 1.54) is 29.1 Å². The van der Waals surface area contributed by atoms with E-state index in [9.17, 15) is 13.2 Å². The van der Waals surface area contributed by atoms with Gasteiger partial charge in [-0.2, -0.15) is 4.72 Å². The molecule has 1 heterocycles. The molecule has 0 bridgehead atoms. The molecule has 2 aromatic rings. The van der Waals surface area contributed by atoms with Crippen LogP contribution in [0.2, 0.25) is 0 Å². The largest absolute Gasteiger partial charge is 0.352 e. The standard InChI is InChI=1S/C16H16N2O3S2/c1-2-10-18-23(20,21)15-7-5-13(6-8-15)16(19)17-11-9-14-4-3-12-22-14/h1,3-8,12,18H,9-11H2,(H,17,19). The third kappa shape index (κ3) is 4.93. The number of carbonyl (C=O) groups excluding carboxylic acids is 1. The van der Waals surface area contributed by atoms with Gasteiger partial charge >= 0.3 is 0 Å². The fourth-order valence-corrected chi connectivity index (χ4v) is 3.50. The minimum Gasteiger partial charge on any atom is -0.352 e. The van der Waals surface area contributed by atoms with Crippen LogP contribution in [0.15, 0.2) is 46.7 Å². The molecule has 2 N–H and O–H groups in total. The number of thiophene rings is 1. The van der Waals surface area contributed by atoms with E-state index in [0.717, 1.165) is 6.42 Å². The van der Waals surface area contributed by atoms with Gasteiger partial charge in [0, 0.05) is 17.0 Å². The summed E-state index contributed by atoms with van der Waals surface area (Å²) in [5, 5.41) is 4.80. The SMILES string of the molecule is C#CCNS(=O)(=O)c1ccc(C(=O)NCCc2cccs2)cc1. The molecule has 1 aromatic carbocycles. The van der Waals surface area contributed by atoms with E-state index >= 15 is 0 Å². The molecule has 0 unspecified atom stereocenters. The minimum absolute atomic E-state index is 0.0721. The van der Waals surface area contributed by atoms with Gasteiger partial charge in [-0.25, -0.2) is 8.42 Å². The van der Waals surface area contributed by atoms with Gasteiger partial charge in [-0.05, 0) is 42.1 Å². The molecular formula is C16H16N2O3S2. The van der Waals surface area contributed by atoms with Gasteiger partial charge in [0.15, 0.2) is 0 Å². The first-order valence-electron chi connectivity index (χ1n) is 6.87. The van der Waals surface area contributed by atoms with Crippen LogP contribution in [0.4, 0.5) is 0 Å². The van der Waals surface area contributed by atoms with Crippen LogP contribution in [0.5, 0.6) is 0 Å². The van der Waals surface area contributed by atoms with E-state index in [1.54, 1.807) is 11.3 Å². The second-order valence-electron chi connectivity index (χ2n) is 4.64. The first-order valence-corrected chi connectivity index (χ1v) is 9.23. The van der Waals surface area contributed by atoms with Gasteiger partial charge < -0.3 is 5.32 Å². The number of amides is 1. The summed E-state index contributed by atoms with van der Waals surface area (Å²) >= 11 is 1.64. The number of benzene rings is 1. The van der Waals surface area contributed by atoms with Crippen LogP contribution in [0.1, 0.15) is 15.2 Å². The van der Waals surface area contributed by atoms with Crippen molar-refractivity contribution < 1.29 is 13.2 Å². The molecule has 0 atom stereocenters. The normalized spacial score (nSPS) is 10.9. The van der Waals surface area contributed by atoms with Crippen molar-refractivity contribution in [1.82, 2.24) is 10.0 Å². The van der Waals surface area contributed by atoms with Crippen molar-refractivity contribution in [2.45, 2.75) is 11.3 Å². The highest BCUT2D eigenvalue weighted by molar-refractivity contribution is 7.89. The average molecular weight is 348 g/mol. The summed E-state index contributed by atoms with van der Waals surface area (Å²) in [5.74, 6) is 1.97. The Bertz CT molecular complexity index is 789. The van der Waals surface area contributed by atoms with Crippen LogP contribution < -0.4 is 10.0 Å². The lowest BCUT2D eigenvalue weighted by Gasteiger charge is -2.07. The first-order chi connectivity index (χ1) is 11.0. The highest BCUT2D eigenvalue weighted by Crippen LogP contribution is 2.11. The molecule has 0 spiro atoms. The van der Waals surface area contributed by atoms with Crippen molar-refractivity contribution in [3.63, 3.8) is 0 Å². The summed E-state index contributed by atoms with van der Waals surface area (Å²) in [6.45, 7) is 0.455. The second kappa shape index (κ2) is 7.92. The molecule has 0 aliphatic heterocycles. The monoisotopic (exact) mass is 348 g/mol. The van der Waals surface area contributed by atoms with Crippen LogP contribution in [0.3, 0.4) is 0 Å². The van der Waals surface area contributed by atoms with Crippen molar-refractivity contribution in [2.24, 2.45) is 0 Å². The van der Waals surface area contributed by atoms with Crippen molar-refractivity contribution in [1.29, 1.82) is 0 Å². The van der Waals surface area contributed by atoms with E-state index in [1.807, 2.05) is 17.5 Å². The molecule has 0 radical (unpaired) electrons. The van der Waals surface area contributed by atoms with E-state index < -0.39 is 10.0 Å². The molecular weight excluding hydrogens is 332 g/mol. The van der Waals surface area contributed by atoms with Crippen molar-refractivity contribution in [2.75, 3.05) is 13.1 Å². The number of carbonyl (C=O) groups is 1. The number of hydrogen-bond acceptors (Lipinski definition) is 4. The Kier molecular flexibility index (Phi) is 5.93. The minimum atomic E-state index is -3.63. The Morgan fingerprint density at radius 1 is 1.22 bits per heavy atom. The summed E-state index contributed by atoms with van der Waals surface area (Å²) in [7, 11) is -3.63. The van der Waals surface area contributed by atoms with Crippen molar-refractivity contribution >= 4 is 27.3 Å². The Labute approximate surface area is 139 Å². The van der Waals surface area contributed by atoms with Gasteiger partial charge in [0.05, 0.1) is 11.4 Å². The molecule has 1 amide bonds. The van der Waals surface area contributed by atoms with Crippen molar-refractivity contribution in [3.05, 3.63) is 52.2 Å². The molecule has 5 nitrogen and oxygen atoms in total. The number of terminal acetylenes is 1. The predicted octanol–water partition coefficient (Wildman–Crippen LogP) is 1.63. The first kappa shape index (κ1) is 17.2. The topological polar surface area (TPSA) is 75.3 Å². The van der Waals surface area contributed by atoms with Crippen molar-refractivity contribution in [3.8, 4) is 12.3 Å². The lowest BCUT2D eigenvalue weighted by Crippen LogP contribution is -2.26. The molecule has 0 saturated carbocycles. The Morgan fingerprint density at radius 2 is 1.96 bits per heavy atom. The molecule has 1 aromatic heterocycles. The highest BCUT2D eigenvalue weighted by atomic mass is 32.2. The van der Waals surface area contributed by atoms with Crippen LogP contribution in [0.25, 0.3) is 0 Å². The molecule has 120 valence electrons. The smallest absolute Gasteiger partial charge is 0.251 e. The van der Waals surface area contributed by atoms with Gasteiger partial charge in [-0.3, -0.25) is 4.79 Å². The maximum atomic E-state index is 12.0. The summed E-state index contributed by atoms with van der Waals surface area (Å²) < 4.78 is 26.0. The second-order valence-corrected chi connectivity index (χ2v) is 7.44. The van der Waals surface area contributed by atoms with Crippen LogP contribution in [0, 0.1) is 12.3 Å². The van der Waals surface area contributed by atoms with Gasteiger partial charge in [0.25, 0.3) is 5.91 Å². The predicted molar refractivity (Wildman–Crippen MR) is 90.8 cm³/mol. The van der Waals surface area contributed by atoms with E-state index in [2.05, 4.69) is 16.0 Å². The highest BCUT2D eigenvalue weighted by Gasteiger charge is 2.13. The summed E-state index contributed by atoms with van der Waals surface area (Å²) in [6.07, 6.45) is 5.80. The molecule has 7 heteroatoms. The van der Waals surface area contributed by atoms with Crippen LogP contribution >= 0.6 is 11.3 Å². The summed E-state index contributed by atoms with van der Waals surface area (Å²) in [6, 6.07) is 9.70. The van der Waals surface area contributed by atoms with Crippen LogP contribution in [-0.2, 0) is 16.4 Å². The molecule has 0 aliphatic carbocycles. The van der Waals surface area contributed by atoms with Crippen LogP contribution in [-0.4, -0.2) is 27.4 Å². The lowest BCUT2D eigenvalue weighted by molar-refractivity contribution is 0.0954. The van der Waals surface area contributed by atoms with Gasteiger partial charge in [-0.1, -0.05) is 12.0 Å². The lowest BCUT2D eigenvalue weighted by atomic mass is 10.2. The van der Waals surface area contributed by atoms with E-state index in [4.69, 9.17) is 6.42 Å². The fourth-order valence-electron chi connectivity index (χ4n) is 1.86. The van der Waals surface area contributed by atoms with Gasteiger partial charge in [0.2, 0.25) is 10.0 Å². The zero-order chi connectivity index (χ0) is 16.7. The molecule has 0 aliphatic rings. The molecule has 0 fully saturated rings. The quantitative estimate of drug-likeness (QED) is 0.747. The Morgan fingerprint density at radius 3 is 2.57 bits per heavy atom. The summed E-state index contributed by atoms with van der Waals surface area (Å²) in [4.78, 5) is 13.3. The van der Waals surface area contributed by atoms with E-state index in [-0.39, 0.29) is 17.3 Å². The van der Waals surface area contributed by atoms with Gasteiger partial charge in [-0.15, -0.1) is 17.8 Å². The molecule has 23 heavy (non-hydrogen) atoms. The average Bonchev–Trinajstić information content (AvgIpc) is 3.06. The third-order valence-corrected chi connectivity index (χ3v) is 5.38. The fraction of sp³-hybridized carbons (Fsp3) is 0.188. The third-order valence-electron chi connectivity index (χ3n) is 3.03. The number of nitrogens with one attached hydrogen (secondary N) is 2. The Balaban J connectivity index is 1.93. The zero-order valence-corrected chi connectivity index (χ0v) is 13.9.